The van der Waals surface area contributed by atoms with Crippen molar-refractivity contribution in [1.29, 1.82) is 0 Å². The number of carbonyl (C=O) groups is 2. The highest BCUT2D eigenvalue weighted by atomic mass is 127. The van der Waals surface area contributed by atoms with Crippen LogP contribution in [-0.4, -0.2) is 38.9 Å². The van der Waals surface area contributed by atoms with Gasteiger partial charge in [0, 0.05) is 17.0 Å². The molecule has 4 nitrogen and oxygen atoms in total. The van der Waals surface area contributed by atoms with Crippen molar-refractivity contribution in [2.24, 2.45) is 0 Å². The molecule has 1 saturated heterocycles. The molecule has 12 heavy (non-hydrogen) atoms. The molecule has 1 heterocycles. The summed E-state index contributed by atoms with van der Waals surface area (Å²) in [4.78, 5) is 22.7. The molecule has 1 N–H and O–H groups in total. The third-order valence-electron chi connectivity index (χ3n) is 1.83. The van der Waals surface area contributed by atoms with E-state index in [1.807, 2.05) is 0 Å². The number of piperidine rings is 1. The second kappa shape index (κ2) is 4.06. The molecule has 0 saturated carbocycles. The summed E-state index contributed by atoms with van der Waals surface area (Å²) >= 11 is 2.24. The number of aliphatic carboxylic acids is 1. The lowest BCUT2D eigenvalue weighted by atomic mass is 10.1. The Morgan fingerprint density at radius 2 is 2.17 bits per heavy atom. The van der Waals surface area contributed by atoms with Crippen molar-refractivity contribution in [2.75, 3.05) is 13.1 Å². The van der Waals surface area contributed by atoms with Gasteiger partial charge in [-0.1, -0.05) is 22.6 Å². The Morgan fingerprint density at radius 1 is 1.50 bits per heavy atom. The molecule has 1 aliphatic rings. The van der Waals surface area contributed by atoms with E-state index in [9.17, 15) is 9.59 Å². The number of alkyl halides is 1. The minimum absolute atomic E-state index is 0.402. The monoisotopic (exact) mass is 283 g/mol. The molecule has 1 amide bonds. The van der Waals surface area contributed by atoms with Gasteiger partial charge in [0.05, 0.1) is 0 Å². The van der Waals surface area contributed by atoms with Crippen LogP contribution in [0.1, 0.15) is 12.8 Å². The molecule has 0 aromatic heterocycles. The first-order chi connectivity index (χ1) is 5.61. The molecule has 68 valence electrons. The van der Waals surface area contributed by atoms with Crippen LogP contribution < -0.4 is 0 Å². The van der Waals surface area contributed by atoms with Gasteiger partial charge in [0.2, 0.25) is 0 Å². The predicted octanol–water partition coefficient (Wildman–Crippen LogP) is 0.497. The van der Waals surface area contributed by atoms with Crippen LogP contribution in [0.25, 0.3) is 0 Å². The Hall–Kier alpha value is -0.330. The van der Waals surface area contributed by atoms with Gasteiger partial charge in [-0.2, -0.15) is 0 Å². The van der Waals surface area contributed by atoms with Gasteiger partial charge in [0.1, 0.15) is 0 Å². The van der Waals surface area contributed by atoms with Crippen LogP contribution in [0.3, 0.4) is 0 Å². The zero-order chi connectivity index (χ0) is 9.14. The first kappa shape index (κ1) is 9.76. The number of carboxylic acid groups (broad SMARTS) is 1. The maximum absolute atomic E-state index is 11.0. The average Bonchev–Trinajstić information content (AvgIpc) is 2.03. The predicted molar refractivity (Wildman–Crippen MR) is 51.3 cm³/mol. The lowest BCUT2D eigenvalue weighted by Crippen LogP contribution is -2.43. The van der Waals surface area contributed by atoms with Crippen molar-refractivity contribution in [3.05, 3.63) is 0 Å². The third kappa shape index (κ3) is 2.33. The van der Waals surface area contributed by atoms with E-state index in [1.54, 1.807) is 0 Å². The first-order valence-electron chi connectivity index (χ1n) is 3.77. The second-order valence-corrected chi connectivity index (χ2v) is 4.56. The molecular weight excluding hydrogens is 273 g/mol. The van der Waals surface area contributed by atoms with Gasteiger partial charge in [-0.05, 0) is 12.8 Å². The van der Waals surface area contributed by atoms with Gasteiger partial charge >= 0.3 is 11.9 Å². The average molecular weight is 283 g/mol. The number of carbonyl (C=O) groups excluding carboxylic acids is 1. The fourth-order valence-electron chi connectivity index (χ4n) is 1.25. The van der Waals surface area contributed by atoms with Crippen molar-refractivity contribution < 1.29 is 14.7 Å². The second-order valence-electron chi connectivity index (χ2n) is 2.80. The van der Waals surface area contributed by atoms with Crippen LogP contribution in [-0.2, 0) is 9.59 Å². The Balaban J connectivity index is 2.51. The van der Waals surface area contributed by atoms with Crippen molar-refractivity contribution in [1.82, 2.24) is 4.90 Å². The molecule has 0 radical (unpaired) electrons. The fourth-order valence-corrected chi connectivity index (χ4v) is 2.16. The summed E-state index contributed by atoms with van der Waals surface area (Å²) in [6, 6.07) is 0. The Kier molecular flexibility index (Phi) is 3.30. The Labute approximate surface area is 84.1 Å². The number of hydrogen-bond acceptors (Lipinski definition) is 2. The van der Waals surface area contributed by atoms with Crippen molar-refractivity contribution >= 4 is 34.5 Å². The van der Waals surface area contributed by atoms with E-state index in [1.165, 1.54) is 4.90 Å². The summed E-state index contributed by atoms with van der Waals surface area (Å²) in [6.45, 7) is 1.16. The molecule has 1 fully saturated rings. The van der Waals surface area contributed by atoms with Crippen LogP contribution in [0.15, 0.2) is 0 Å². The highest BCUT2D eigenvalue weighted by Gasteiger charge is 2.25. The van der Waals surface area contributed by atoms with Crippen molar-refractivity contribution in [2.45, 2.75) is 16.8 Å². The lowest BCUT2D eigenvalue weighted by molar-refractivity contribution is -0.156. The molecule has 0 aromatic rings. The summed E-state index contributed by atoms with van der Waals surface area (Å²) in [5.41, 5.74) is 0. The Bertz CT molecular complexity index is 207. The number of likely N-dealkylation sites (tertiary alicyclic amines) is 1. The van der Waals surface area contributed by atoms with Gasteiger partial charge in [-0.3, -0.25) is 4.79 Å². The van der Waals surface area contributed by atoms with Gasteiger partial charge in [-0.15, -0.1) is 0 Å². The van der Waals surface area contributed by atoms with Gasteiger partial charge in [-0.25, -0.2) is 4.79 Å². The van der Waals surface area contributed by atoms with Crippen LogP contribution >= 0.6 is 22.6 Å². The van der Waals surface area contributed by atoms with E-state index in [0.29, 0.717) is 17.0 Å². The zero-order valence-corrected chi connectivity index (χ0v) is 8.65. The van der Waals surface area contributed by atoms with Crippen LogP contribution in [0.2, 0.25) is 0 Å². The normalized spacial score (nSPS) is 23.8. The minimum Gasteiger partial charge on any atom is -0.474 e. The topological polar surface area (TPSA) is 57.6 Å². The summed E-state index contributed by atoms with van der Waals surface area (Å²) in [5, 5.41) is 8.43. The number of amides is 1. The zero-order valence-electron chi connectivity index (χ0n) is 6.49. The molecular formula is C7H10INO3. The van der Waals surface area contributed by atoms with Crippen LogP contribution in [0.5, 0.6) is 0 Å². The quantitative estimate of drug-likeness (QED) is 0.400. The summed E-state index contributed by atoms with van der Waals surface area (Å²) in [5.74, 6) is -2.11. The lowest BCUT2D eigenvalue weighted by Gasteiger charge is -2.28. The molecule has 0 spiro atoms. The number of rotatable bonds is 0. The number of halogens is 1. The molecule has 1 aliphatic heterocycles. The molecule has 0 bridgehead atoms. The van der Waals surface area contributed by atoms with Gasteiger partial charge in [0.15, 0.2) is 0 Å². The standard InChI is InChI=1S/C7H10INO3/c8-5-2-1-3-9(4-5)6(10)7(11)12/h5H,1-4H2,(H,11,12). The van der Waals surface area contributed by atoms with Gasteiger partial charge in [0.25, 0.3) is 0 Å². The van der Waals surface area contributed by atoms with E-state index >= 15 is 0 Å². The number of carboxylic acids is 1. The summed E-state index contributed by atoms with van der Waals surface area (Å²) < 4.78 is 0.402. The summed E-state index contributed by atoms with van der Waals surface area (Å²) in [7, 11) is 0. The molecule has 1 atom stereocenters. The molecule has 5 heteroatoms. The SMILES string of the molecule is O=C(O)C(=O)N1CCCC(I)C1. The van der Waals surface area contributed by atoms with Crippen molar-refractivity contribution in [3.8, 4) is 0 Å². The van der Waals surface area contributed by atoms with E-state index in [4.69, 9.17) is 5.11 Å². The molecule has 0 aliphatic carbocycles. The summed E-state index contributed by atoms with van der Waals surface area (Å²) in [6.07, 6.45) is 1.98. The molecule has 0 aromatic carbocycles. The Morgan fingerprint density at radius 3 is 2.67 bits per heavy atom. The van der Waals surface area contributed by atoms with E-state index in [-0.39, 0.29) is 0 Å². The van der Waals surface area contributed by atoms with Gasteiger partial charge < -0.3 is 10.0 Å². The third-order valence-corrected chi connectivity index (χ3v) is 2.85. The fraction of sp³-hybridized carbons (Fsp3) is 0.714. The first-order valence-corrected chi connectivity index (χ1v) is 5.02. The minimum atomic E-state index is -1.35. The van der Waals surface area contributed by atoms with E-state index < -0.39 is 11.9 Å². The highest BCUT2D eigenvalue weighted by Crippen LogP contribution is 2.17. The molecule has 1 rings (SSSR count). The van der Waals surface area contributed by atoms with Crippen LogP contribution in [0.4, 0.5) is 0 Å². The number of nitrogens with zero attached hydrogens (tertiary/aromatic N) is 1. The van der Waals surface area contributed by atoms with Crippen LogP contribution in [0, 0.1) is 0 Å². The van der Waals surface area contributed by atoms with Crippen molar-refractivity contribution in [3.63, 3.8) is 0 Å². The maximum Gasteiger partial charge on any atom is 0.394 e. The maximum atomic E-state index is 11.0. The highest BCUT2D eigenvalue weighted by molar-refractivity contribution is 14.1. The number of hydrogen-bond donors (Lipinski definition) is 1. The largest absolute Gasteiger partial charge is 0.474 e. The van der Waals surface area contributed by atoms with E-state index in [2.05, 4.69) is 22.6 Å². The smallest absolute Gasteiger partial charge is 0.394 e. The molecule has 1 unspecified atom stereocenters. The van der Waals surface area contributed by atoms with E-state index in [0.717, 1.165) is 12.8 Å².